The van der Waals surface area contributed by atoms with Gasteiger partial charge in [-0.1, -0.05) is 29.3 Å². The lowest BCUT2D eigenvalue weighted by atomic mass is 10.2. The van der Waals surface area contributed by atoms with Gasteiger partial charge in [-0.15, -0.1) is 0 Å². The van der Waals surface area contributed by atoms with Gasteiger partial charge in [-0.25, -0.2) is 8.78 Å². The van der Waals surface area contributed by atoms with Crippen molar-refractivity contribution in [2.75, 3.05) is 5.32 Å². The van der Waals surface area contributed by atoms with E-state index in [0.29, 0.717) is 10.5 Å². The second-order valence-electron chi connectivity index (χ2n) is 3.80. The first kappa shape index (κ1) is 15.2. The summed E-state index contributed by atoms with van der Waals surface area (Å²) in [6.45, 7) is 0. The van der Waals surface area contributed by atoms with Crippen LogP contribution in [0.4, 0.5) is 14.5 Å². The fourth-order valence-corrected chi connectivity index (χ4v) is 2.34. The fourth-order valence-electron chi connectivity index (χ4n) is 1.52. The van der Waals surface area contributed by atoms with E-state index in [9.17, 15) is 13.6 Å². The minimum atomic E-state index is -0.963. The molecule has 7 heteroatoms. The number of halogens is 5. The molecule has 0 aliphatic rings. The number of carbonyl (C=O) groups excluding carboxylic acids is 1. The molecule has 2 rings (SSSR count). The summed E-state index contributed by atoms with van der Waals surface area (Å²) in [6.07, 6.45) is 0. The standard InChI is InChI=1S/C13H6BrCl2F2NO/c14-8-3-1-2-7(11(8)16)13(20)19-12-9(15)4-6(17)5-10(12)18/h1-5H,(H,19,20). The Morgan fingerprint density at radius 3 is 2.55 bits per heavy atom. The Morgan fingerprint density at radius 1 is 1.20 bits per heavy atom. The number of rotatable bonds is 2. The van der Waals surface area contributed by atoms with Gasteiger partial charge in [0.2, 0.25) is 0 Å². The van der Waals surface area contributed by atoms with Crippen LogP contribution in [0.15, 0.2) is 34.8 Å². The van der Waals surface area contributed by atoms with E-state index in [2.05, 4.69) is 21.2 Å². The Hall–Kier alpha value is -1.17. The largest absolute Gasteiger partial charge is 0.318 e. The van der Waals surface area contributed by atoms with E-state index in [0.717, 1.165) is 6.07 Å². The minimum absolute atomic E-state index is 0.140. The molecule has 1 amide bonds. The maximum atomic E-state index is 13.6. The molecule has 0 unspecified atom stereocenters. The van der Waals surface area contributed by atoms with Crippen LogP contribution in [0, 0.1) is 11.6 Å². The van der Waals surface area contributed by atoms with Crippen LogP contribution in [0.25, 0.3) is 0 Å². The van der Waals surface area contributed by atoms with Gasteiger partial charge in [-0.2, -0.15) is 0 Å². The SMILES string of the molecule is O=C(Nc1c(F)cc(F)cc1Cl)c1cccc(Br)c1Cl. The molecule has 0 saturated carbocycles. The first-order chi connectivity index (χ1) is 9.40. The van der Waals surface area contributed by atoms with Gasteiger partial charge in [-0.05, 0) is 34.1 Å². The summed E-state index contributed by atoms with van der Waals surface area (Å²) in [4.78, 5) is 12.0. The smallest absolute Gasteiger partial charge is 0.257 e. The van der Waals surface area contributed by atoms with Crippen LogP contribution < -0.4 is 5.32 Å². The van der Waals surface area contributed by atoms with Gasteiger partial charge in [0.05, 0.1) is 21.3 Å². The lowest BCUT2D eigenvalue weighted by Gasteiger charge is -2.10. The topological polar surface area (TPSA) is 29.1 Å². The third-order valence-electron chi connectivity index (χ3n) is 2.44. The highest BCUT2D eigenvalue weighted by atomic mass is 79.9. The van der Waals surface area contributed by atoms with E-state index >= 15 is 0 Å². The molecule has 0 spiro atoms. The molecule has 0 aliphatic heterocycles. The maximum Gasteiger partial charge on any atom is 0.257 e. The number of hydrogen-bond acceptors (Lipinski definition) is 1. The molecule has 104 valence electrons. The molecular formula is C13H6BrCl2F2NO. The molecule has 20 heavy (non-hydrogen) atoms. The average Bonchev–Trinajstić information content (AvgIpc) is 2.36. The van der Waals surface area contributed by atoms with Crippen molar-refractivity contribution in [3.63, 3.8) is 0 Å². The number of hydrogen-bond donors (Lipinski definition) is 1. The zero-order chi connectivity index (χ0) is 14.9. The molecule has 0 fully saturated rings. The summed E-state index contributed by atoms with van der Waals surface area (Å²) in [7, 11) is 0. The highest BCUT2D eigenvalue weighted by molar-refractivity contribution is 9.10. The fraction of sp³-hybridized carbons (Fsp3) is 0. The molecule has 2 aromatic rings. The van der Waals surface area contributed by atoms with Gasteiger partial charge in [0.15, 0.2) is 5.82 Å². The molecule has 0 aromatic heterocycles. The maximum absolute atomic E-state index is 13.6. The van der Waals surface area contributed by atoms with E-state index in [1.165, 1.54) is 6.07 Å². The first-order valence-electron chi connectivity index (χ1n) is 5.30. The Kier molecular flexibility index (Phi) is 4.62. The molecule has 1 N–H and O–H groups in total. The van der Waals surface area contributed by atoms with Crippen molar-refractivity contribution in [1.29, 1.82) is 0 Å². The predicted octanol–water partition coefficient (Wildman–Crippen LogP) is 5.29. The molecule has 0 aliphatic carbocycles. The van der Waals surface area contributed by atoms with E-state index in [1.54, 1.807) is 12.1 Å². The number of anilines is 1. The number of amides is 1. The Bertz CT molecular complexity index is 671. The second-order valence-corrected chi connectivity index (χ2v) is 5.44. The average molecular weight is 381 g/mol. The van der Waals surface area contributed by atoms with Gasteiger partial charge in [0.1, 0.15) is 5.82 Å². The summed E-state index contributed by atoms with van der Waals surface area (Å²) >= 11 is 14.8. The molecule has 2 nitrogen and oxygen atoms in total. The molecular weight excluding hydrogens is 375 g/mol. The highest BCUT2D eigenvalue weighted by Crippen LogP contribution is 2.29. The van der Waals surface area contributed by atoms with Crippen LogP contribution in [-0.2, 0) is 0 Å². The van der Waals surface area contributed by atoms with Crippen molar-refractivity contribution < 1.29 is 13.6 Å². The minimum Gasteiger partial charge on any atom is -0.318 e. The quantitative estimate of drug-likeness (QED) is 0.753. The van der Waals surface area contributed by atoms with Crippen molar-refractivity contribution in [2.45, 2.75) is 0 Å². The van der Waals surface area contributed by atoms with Crippen LogP contribution in [0.5, 0.6) is 0 Å². The highest BCUT2D eigenvalue weighted by Gasteiger charge is 2.17. The third kappa shape index (κ3) is 3.11. The van der Waals surface area contributed by atoms with Crippen molar-refractivity contribution in [1.82, 2.24) is 0 Å². The molecule has 2 aromatic carbocycles. The summed E-state index contributed by atoms with van der Waals surface area (Å²) in [5.74, 6) is -2.44. The van der Waals surface area contributed by atoms with Gasteiger partial charge in [-0.3, -0.25) is 4.79 Å². The molecule has 0 saturated heterocycles. The van der Waals surface area contributed by atoms with E-state index < -0.39 is 17.5 Å². The first-order valence-corrected chi connectivity index (χ1v) is 6.85. The van der Waals surface area contributed by atoms with Crippen LogP contribution in [0.3, 0.4) is 0 Å². The van der Waals surface area contributed by atoms with Crippen LogP contribution in [-0.4, -0.2) is 5.91 Å². The monoisotopic (exact) mass is 379 g/mol. The van der Waals surface area contributed by atoms with Crippen molar-refractivity contribution >= 4 is 50.7 Å². The van der Waals surface area contributed by atoms with Crippen LogP contribution >= 0.6 is 39.1 Å². The van der Waals surface area contributed by atoms with E-state index in [1.807, 2.05) is 0 Å². The van der Waals surface area contributed by atoms with Gasteiger partial charge >= 0.3 is 0 Å². The van der Waals surface area contributed by atoms with Gasteiger partial charge in [0.25, 0.3) is 5.91 Å². The molecule has 0 bridgehead atoms. The molecule has 0 heterocycles. The summed E-state index contributed by atoms with van der Waals surface area (Å²) in [5, 5.41) is 2.22. The zero-order valence-corrected chi connectivity index (χ0v) is 12.8. The van der Waals surface area contributed by atoms with E-state index in [4.69, 9.17) is 23.2 Å². The lowest BCUT2D eigenvalue weighted by molar-refractivity contribution is 0.102. The van der Waals surface area contributed by atoms with Crippen LogP contribution in [0.2, 0.25) is 10.0 Å². The van der Waals surface area contributed by atoms with Gasteiger partial charge < -0.3 is 5.32 Å². The Balaban J connectivity index is 2.36. The van der Waals surface area contributed by atoms with Crippen LogP contribution in [0.1, 0.15) is 10.4 Å². The lowest BCUT2D eigenvalue weighted by Crippen LogP contribution is -2.14. The summed E-state index contributed by atoms with van der Waals surface area (Å²) in [6, 6.07) is 6.27. The van der Waals surface area contributed by atoms with Crippen molar-refractivity contribution in [2.24, 2.45) is 0 Å². The Morgan fingerprint density at radius 2 is 1.90 bits per heavy atom. The van der Waals surface area contributed by atoms with E-state index in [-0.39, 0.29) is 21.3 Å². The molecule has 0 radical (unpaired) electrons. The Labute approximate surface area is 131 Å². The second kappa shape index (κ2) is 6.08. The number of nitrogens with one attached hydrogen (secondary N) is 1. The van der Waals surface area contributed by atoms with Crippen molar-refractivity contribution in [3.05, 3.63) is 62.0 Å². The summed E-state index contributed by atoms with van der Waals surface area (Å²) in [5.41, 5.74) is -0.157. The van der Waals surface area contributed by atoms with Gasteiger partial charge in [0, 0.05) is 10.5 Å². The number of benzene rings is 2. The summed E-state index contributed by atoms with van der Waals surface area (Å²) < 4.78 is 27.0. The predicted molar refractivity (Wildman–Crippen MR) is 78.5 cm³/mol. The third-order valence-corrected chi connectivity index (χ3v) is 4.04. The molecule has 0 atom stereocenters. The zero-order valence-electron chi connectivity index (χ0n) is 9.68. The normalized spacial score (nSPS) is 10.4. The number of carbonyl (C=O) groups is 1. The van der Waals surface area contributed by atoms with Crippen molar-refractivity contribution in [3.8, 4) is 0 Å².